The Morgan fingerprint density at radius 1 is 1.23 bits per heavy atom. The third-order valence-electron chi connectivity index (χ3n) is 1.69. The Kier molecular flexibility index (Phi) is 9.03. The molecule has 0 heterocycles. The van der Waals surface area contributed by atoms with Crippen LogP contribution in [-0.4, -0.2) is 49.6 Å². The quantitative estimate of drug-likeness (QED) is 0.606. The van der Waals surface area contributed by atoms with Crippen molar-refractivity contribution in [3.05, 3.63) is 0 Å². The second-order valence-corrected chi connectivity index (χ2v) is 5.51. The van der Waals surface area contributed by atoms with Crippen molar-refractivity contribution in [3.63, 3.8) is 0 Å². The van der Waals surface area contributed by atoms with Gasteiger partial charge in [-0.3, -0.25) is 0 Å². The van der Waals surface area contributed by atoms with Crippen molar-refractivity contribution in [3.8, 4) is 0 Å². The molecule has 0 saturated carbocycles. The zero-order valence-corrected chi connectivity index (χ0v) is 10.3. The molecule has 0 amide bonds. The Balaban J connectivity index is 2.92. The Labute approximate surface area is 87.5 Å². The van der Waals surface area contributed by atoms with E-state index in [1.54, 1.807) is 0 Å². The van der Waals surface area contributed by atoms with Crippen molar-refractivity contribution in [1.82, 2.24) is 10.2 Å². The van der Waals surface area contributed by atoms with Crippen molar-refractivity contribution in [1.29, 1.82) is 0 Å². The topological polar surface area (TPSA) is 15.3 Å². The van der Waals surface area contributed by atoms with Crippen LogP contribution in [0.25, 0.3) is 0 Å². The van der Waals surface area contributed by atoms with Gasteiger partial charge >= 0.3 is 0 Å². The summed E-state index contributed by atoms with van der Waals surface area (Å²) in [6, 6.07) is 0. The lowest BCUT2D eigenvalue weighted by molar-refractivity contribution is 0.396. The molecule has 0 aromatic heterocycles. The molecule has 0 aliphatic carbocycles. The van der Waals surface area contributed by atoms with E-state index in [0.29, 0.717) is 0 Å². The molecular weight excluding hydrogens is 180 g/mol. The molecule has 0 unspecified atom stereocenters. The number of hydrogen-bond acceptors (Lipinski definition) is 3. The molecule has 13 heavy (non-hydrogen) atoms. The summed E-state index contributed by atoms with van der Waals surface area (Å²) in [5.41, 5.74) is 0. The monoisotopic (exact) mass is 204 g/mol. The van der Waals surface area contributed by atoms with Gasteiger partial charge in [-0.2, -0.15) is 11.8 Å². The van der Waals surface area contributed by atoms with E-state index in [-0.39, 0.29) is 0 Å². The minimum absolute atomic E-state index is 0.767. The standard InChI is InChI=1S/C10H24N2S/c1-10(2)13-9-7-11-6-5-8-12(3)4/h10-11H,5-9H2,1-4H3. The fourth-order valence-electron chi connectivity index (χ4n) is 1.01. The smallest absolute Gasteiger partial charge is 0.00606 e. The van der Waals surface area contributed by atoms with E-state index in [4.69, 9.17) is 0 Å². The van der Waals surface area contributed by atoms with Crippen LogP contribution in [0.2, 0.25) is 0 Å². The molecule has 0 rings (SSSR count). The zero-order valence-electron chi connectivity index (χ0n) is 9.47. The van der Waals surface area contributed by atoms with E-state index in [1.165, 1.54) is 18.7 Å². The fourth-order valence-corrected chi connectivity index (χ4v) is 1.75. The second-order valence-electron chi connectivity index (χ2n) is 3.83. The number of thioether (sulfide) groups is 1. The highest BCUT2D eigenvalue weighted by atomic mass is 32.2. The highest BCUT2D eigenvalue weighted by molar-refractivity contribution is 7.99. The van der Waals surface area contributed by atoms with Gasteiger partial charge in [0.25, 0.3) is 0 Å². The summed E-state index contributed by atoms with van der Waals surface area (Å²) in [6.07, 6.45) is 1.25. The SMILES string of the molecule is CC(C)SCCNCCCN(C)C. The fraction of sp³-hybridized carbons (Fsp3) is 1.00. The minimum Gasteiger partial charge on any atom is -0.316 e. The van der Waals surface area contributed by atoms with Crippen molar-refractivity contribution in [2.45, 2.75) is 25.5 Å². The Hall–Kier alpha value is 0.270. The van der Waals surface area contributed by atoms with Gasteiger partial charge in [0.2, 0.25) is 0 Å². The maximum absolute atomic E-state index is 3.45. The maximum atomic E-state index is 3.45. The molecule has 0 radical (unpaired) electrons. The molecule has 0 aliphatic heterocycles. The highest BCUT2D eigenvalue weighted by Crippen LogP contribution is 2.06. The minimum atomic E-state index is 0.767. The average molecular weight is 204 g/mol. The number of rotatable bonds is 8. The van der Waals surface area contributed by atoms with Gasteiger partial charge in [0.15, 0.2) is 0 Å². The lowest BCUT2D eigenvalue weighted by Crippen LogP contribution is -2.23. The van der Waals surface area contributed by atoms with E-state index in [1.807, 2.05) is 11.8 Å². The van der Waals surface area contributed by atoms with Crippen LogP contribution in [0, 0.1) is 0 Å². The largest absolute Gasteiger partial charge is 0.316 e. The summed E-state index contributed by atoms with van der Waals surface area (Å²) in [6.45, 7) is 7.98. The van der Waals surface area contributed by atoms with E-state index in [0.717, 1.165) is 18.3 Å². The lowest BCUT2D eigenvalue weighted by atomic mass is 10.4. The first-order valence-corrected chi connectivity index (χ1v) is 6.15. The molecule has 1 N–H and O–H groups in total. The van der Waals surface area contributed by atoms with Crippen molar-refractivity contribution >= 4 is 11.8 Å². The predicted octanol–water partition coefficient (Wildman–Crippen LogP) is 1.67. The number of nitrogens with zero attached hydrogens (tertiary/aromatic N) is 1. The normalized spacial score (nSPS) is 11.5. The van der Waals surface area contributed by atoms with Gasteiger partial charge in [-0.15, -0.1) is 0 Å². The van der Waals surface area contributed by atoms with Crippen LogP contribution in [0.4, 0.5) is 0 Å². The first-order chi connectivity index (χ1) is 6.13. The number of hydrogen-bond donors (Lipinski definition) is 1. The molecule has 2 nitrogen and oxygen atoms in total. The van der Waals surface area contributed by atoms with E-state index >= 15 is 0 Å². The summed E-state index contributed by atoms with van der Waals surface area (Å²) < 4.78 is 0. The van der Waals surface area contributed by atoms with E-state index in [9.17, 15) is 0 Å². The molecule has 3 heteroatoms. The summed E-state index contributed by atoms with van der Waals surface area (Å²) in [5, 5.41) is 4.22. The van der Waals surface area contributed by atoms with Crippen molar-refractivity contribution in [2.24, 2.45) is 0 Å². The molecule has 80 valence electrons. The van der Waals surface area contributed by atoms with Crippen LogP contribution >= 0.6 is 11.8 Å². The van der Waals surface area contributed by atoms with Crippen LogP contribution in [0.3, 0.4) is 0 Å². The van der Waals surface area contributed by atoms with Crippen LogP contribution in [0.1, 0.15) is 20.3 Å². The van der Waals surface area contributed by atoms with Gasteiger partial charge in [-0.25, -0.2) is 0 Å². The summed E-state index contributed by atoms with van der Waals surface area (Å²) >= 11 is 2.02. The average Bonchev–Trinajstić information content (AvgIpc) is 2.01. The zero-order chi connectivity index (χ0) is 10.1. The lowest BCUT2D eigenvalue weighted by Gasteiger charge is -2.10. The molecule has 0 spiro atoms. The van der Waals surface area contributed by atoms with Gasteiger partial charge < -0.3 is 10.2 Å². The predicted molar refractivity (Wildman–Crippen MR) is 63.6 cm³/mol. The Morgan fingerprint density at radius 2 is 1.92 bits per heavy atom. The molecule has 0 fully saturated rings. The Morgan fingerprint density at radius 3 is 2.46 bits per heavy atom. The molecule has 0 aromatic carbocycles. The first kappa shape index (κ1) is 13.3. The molecule has 0 saturated heterocycles. The molecule has 0 aromatic rings. The van der Waals surface area contributed by atoms with E-state index in [2.05, 4.69) is 38.2 Å². The van der Waals surface area contributed by atoms with E-state index < -0.39 is 0 Å². The highest BCUT2D eigenvalue weighted by Gasteiger charge is 1.93. The van der Waals surface area contributed by atoms with Gasteiger partial charge in [0.1, 0.15) is 0 Å². The van der Waals surface area contributed by atoms with Crippen LogP contribution in [0.15, 0.2) is 0 Å². The number of nitrogens with one attached hydrogen (secondary N) is 1. The van der Waals surface area contributed by atoms with Crippen LogP contribution in [0.5, 0.6) is 0 Å². The maximum Gasteiger partial charge on any atom is 0.00606 e. The van der Waals surface area contributed by atoms with Gasteiger partial charge in [0.05, 0.1) is 0 Å². The van der Waals surface area contributed by atoms with Crippen molar-refractivity contribution in [2.75, 3.05) is 39.5 Å². The van der Waals surface area contributed by atoms with Crippen LogP contribution in [-0.2, 0) is 0 Å². The third kappa shape index (κ3) is 12.3. The van der Waals surface area contributed by atoms with Crippen LogP contribution < -0.4 is 5.32 Å². The second kappa shape index (κ2) is 8.85. The summed E-state index contributed by atoms with van der Waals surface area (Å²) in [5.74, 6) is 1.24. The van der Waals surface area contributed by atoms with Gasteiger partial charge in [-0.1, -0.05) is 13.8 Å². The molecule has 0 bridgehead atoms. The van der Waals surface area contributed by atoms with Gasteiger partial charge in [0, 0.05) is 12.3 Å². The molecule has 0 atom stereocenters. The Bertz CT molecular complexity index is 93.1. The summed E-state index contributed by atoms with van der Waals surface area (Å²) in [4.78, 5) is 2.23. The van der Waals surface area contributed by atoms with Crippen molar-refractivity contribution < 1.29 is 0 Å². The van der Waals surface area contributed by atoms with Gasteiger partial charge in [-0.05, 0) is 38.9 Å². The summed E-state index contributed by atoms with van der Waals surface area (Å²) in [7, 11) is 4.24. The first-order valence-electron chi connectivity index (χ1n) is 5.10. The molecular formula is C10H24N2S. The third-order valence-corrected chi connectivity index (χ3v) is 2.80. The molecule has 0 aliphatic rings.